The van der Waals surface area contributed by atoms with Gasteiger partial charge in [0.05, 0.1) is 11.1 Å². The summed E-state index contributed by atoms with van der Waals surface area (Å²) in [6.45, 7) is 0.902. The first-order valence-corrected chi connectivity index (χ1v) is 9.45. The Bertz CT molecular complexity index is 885. The zero-order valence-corrected chi connectivity index (χ0v) is 15.2. The monoisotopic (exact) mass is 372 g/mol. The van der Waals surface area contributed by atoms with E-state index in [4.69, 9.17) is 26.1 Å². The van der Waals surface area contributed by atoms with E-state index in [1.807, 2.05) is 18.2 Å². The topological polar surface area (TPSA) is 52.8 Å². The van der Waals surface area contributed by atoms with Crippen molar-refractivity contribution in [1.29, 1.82) is 0 Å². The van der Waals surface area contributed by atoms with Crippen molar-refractivity contribution in [2.75, 3.05) is 13.2 Å². The number of benzene rings is 1. The van der Waals surface area contributed by atoms with E-state index in [9.17, 15) is 4.79 Å². The minimum Gasteiger partial charge on any atom is -0.486 e. The van der Waals surface area contributed by atoms with Gasteiger partial charge in [0.15, 0.2) is 11.5 Å². The Morgan fingerprint density at radius 1 is 1.12 bits per heavy atom. The number of aromatic nitrogens is 1. The molecule has 0 spiro atoms. The lowest BCUT2D eigenvalue weighted by Gasteiger charge is -2.20. The number of carbonyl (C=O) groups excluding carboxylic acids is 1. The van der Waals surface area contributed by atoms with Crippen LogP contribution in [-0.2, 0) is 0 Å². The summed E-state index contributed by atoms with van der Waals surface area (Å²) in [6.07, 6.45) is 7.58. The molecule has 1 aromatic heterocycles. The van der Waals surface area contributed by atoms with Gasteiger partial charge >= 0.3 is 0 Å². The van der Waals surface area contributed by atoms with Gasteiger partial charge in [-0.1, -0.05) is 36.9 Å². The molecule has 2 aromatic rings. The highest BCUT2D eigenvalue weighted by molar-refractivity contribution is 6.32. The molecule has 6 heteroatoms. The summed E-state index contributed by atoms with van der Waals surface area (Å²) in [6, 6.07) is 9.22. The van der Waals surface area contributed by atoms with Crippen LogP contribution in [0.5, 0.6) is 11.5 Å². The van der Waals surface area contributed by atoms with Gasteiger partial charge in [-0.25, -0.2) is 0 Å². The zero-order valence-electron chi connectivity index (χ0n) is 14.5. The molecule has 5 nitrogen and oxygen atoms in total. The molecule has 2 aliphatic rings. The lowest BCUT2D eigenvalue weighted by atomic mass is 9.96. The number of ether oxygens (including phenoxy) is 2. The fourth-order valence-corrected chi connectivity index (χ4v) is 3.75. The van der Waals surface area contributed by atoms with Crippen molar-refractivity contribution in [3.63, 3.8) is 0 Å². The second-order valence-corrected chi connectivity index (χ2v) is 7.04. The number of nitrogens with zero attached hydrogens (tertiary/aromatic N) is 2. The van der Waals surface area contributed by atoms with Crippen LogP contribution < -0.4 is 15.0 Å². The summed E-state index contributed by atoms with van der Waals surface area (Å²) in [7, 11) is 0. The van der Waals surface area contributed by atoms with E-state index >= 15 is 0 Å². The summed E-state index contributed by atoms with van der Waals surface area (Å²) >= 11 is 6.28. The molecule has 26 heavy (non-hydrogen) atoms. The first-order chi connectivity index (χ1) is 12.7. The summed E-state index contributed by atoms with van der Waals surface area (Å²) in [5, 5.41) is 0.382. The number of hydrogen-bond acceptors (Lipinski definition) is 4. The molecule has 1 aliphatic carbocycles. The van der Waals surface area contributed by atoms with Crippen LogP contribution in [-0.4, -0.2) is 29.7 Å². The summed E-state index contributed by atoms with van der Waals surface area (Å²) in [5.41, 5.74) is 1.13. The van der Waals surface area contributed by atoms with Crippen molar-refractivity contribution in [2.45, 2.75) is 38.1 Å². The molecule has 1 aromatic carbocycles. The van der Waals surface area contributed by atoms with Crippen LogP contribution in [0.25, 0.3) is 0 Å². The number of halogens is 1. The number of pyridine rings is 1. The van der Waals surface area contributed by atoms with Gasteiger partial charge in [0.25, 0.3) is 5.91 Å². The SMILES string of the molecule is O=C(c1cc(Cl)c2c(c1)OCCO2)n1ccccc1=NC1CCCCC1. The van der Waals surface area contributed by atoms with Gasteiger partial charge in [0, 0.05) is 11.8 Å². The van der Waals surface area contributed by atoms with Gasteiger partial charge in [-0.3, -0.25) is 14.4 Å². The lowest BCUT2D eigenvalue weighted by Crippen LogP contribution is -2.29. The summed E-state index contributed by atoms with van der Waals surface area (Å²) in [4.78, 5) is 17.9. The number of fused-ring (bicyclic) bond motifs is 1. The van der Waals surface area contributed by atoms with Crippen LogP contribution in [0.1, 0.15) is 42.5 Å². The normalized spacial score (nSPS) is 18.0. The molecule has 1 saturated carbocycles. The van der Waals surface area contributed by atoms with Crippen LogP contribution >= 0.6 is 11.6 Å². The average Bonchev–Trinajstić information content (AvgIpc) is 2.69. The van der Waals surface area contributed by atoms with Crippen molar-refractivity contribution in [3.05, 3.63) is 52.6 Å². The second-order valence-electron chi connectivity index (χ2n) is 6.64. The molecule has 1 aliphatic heterocycles. The molecule has 0 amide bonds. The second kappa shape index (κ2) is 7.54. The molecule has 0 radical (unpaired) electrons. The lowest BCUT2D eigenvalue weighted by molar-refractivity contribution is 0.0953. The van der Waals surface area contributed by atoms with E-state index in [1.54, 1.807) is 22.9 Å². The Morgan fingerprint density at radius 2 is 1.92 bits per heavy atom. The van der Waals surface area contributed by atoms with E-state index in [-0.39, 0.29) is 11.9 Å². The van der Waals surface area contributed by atoms with E-state index < -0.39 is 0 Å². The first kappa shape index (κ1) is 17.2. The third-order valence-electron chi connectivity index (χ3n) is 4.79. The van der Waals surface area contributed by atoms with E-state index in [0.717, 1.165) is 12.8 Å². The Labute approximate surface area is 157 Å². The van der Waals surface area contributed by atoms with Crippen molar-refractivity contribution in [2.24, 2.45) is 4.99 Å². The van der Waals surface area contributed by atoms with Gasteiger partial charge in [-0.15, -0.1) is 0 Å². The van der Waals surface area contributed by atoms with Crippen LogP contribution in [0.2, 0.25) is 5.02 Å². The maximum Gasteiger partial charge on any atom is 0.263 e. The Hall–Kier alpha value is -2.27. The molecule has 0 bridgehead atoms. The zero-order chi connectivity index (χ0) is 17.9. The van der Waals surface area contributed by atoms with Crippen molar-refractivity contribution in [1.82, 2.24) is 4.57 Å². The molecule has 136 valence electrons. The summed E-state index contributed by atoms with van der Waals surface area (Å²) < 4.78 is 12.7. The third kappa shape index (κ3) is 3.49. The predicted octanol–water partition coefficient (Wildman–Crippen LogP) is 3.83. The Kier molecular flexibility index (Phi) is 4.98. The molecule has 0 unspecified atom stereocenters. The highest BCUT2D eigenvalue weighted by atomic mass is 35.5. The highest BCUT2D eigenvalue weighted by Crippen LogP contribution is 2.38. The Morgan fingerprint density at radius 3 is 2.77 bits per heavy atom. The molecule has 0 saturated heterocycles. The van der Waals surface area contributed by atoms with E-state index in [2.05, 4.69) is 0 Å². The third-order valence-corrected chi connectivity index (χ3v) is 5.07. The molecular formula is C20H21ClN2O3. The minimum absolute atomic E-state index is 0.181. The molecule has 2 heterocycles. The molecule has 0 N–H and O–H groups in total. The van der Waals surface area contributed by atoms with Gasteiger partial charge in [0.1, 0.15) is 18.7 Å². The quantitative estimate of drug-likeness (QED) is 0.804. The number of rotatable bonds is 2. The highest BCUT2D eigenvalue weighted by Gasteiger charge is 2.20. The maximum absolute atomic E-state index is 13.1. The Balaban J connectivity index is 1.71. The van der Waals surface area contributed by atoms with Gasteiger partial charge in [-0.05, 0) is 37.1 Å². The summed E-state index contributed by atoms with van der Waals surface area (Å²) in [5.74, 6) is 0.827. The molecule has 1 fully saturated rings. The maximum atomic E-state index is 13.1. The van der Waals surface area contributed by atoms with Crippen molar-refractivity contribution in [3.8, 4) is 11.5 Å². The first-order valence-electron chi connectivity index (χ1n) is 9.08. The van der Waals surface area contributed by atoms with E-state index in [1.165, 1.54) is 19.3 Å². The van der Waals surface area contributed by atoms with Crippen LogP contribution in [0.4, 0.5) is 0 Å². The standard InChI is InChI=1S/C20H21ClN2O3/c21-16-12-14(13-17-19(16)26-11-10-25-17)20(24)23-9-5-4-8-18(23)22-15-6-2-1-3-7-15/h4-5,8-9,12-13,15H,1-3,6-7,10-11H2. The fraction of sp³-hybridized carbons (Fsp3) is 0.400. The number of hydrogen-bond donors (Lipinski definition) is 0. The predicted molar refractivity (Wildman–Crippen MR) is 99.0 cm³/mol. The van der Waals surface area contributed by atoms with Crippen LogP contribution in [0.3, 0.4) is 0 Å². The van der Waals surface area contributed by atoms with E-state index in [0.29, 0.717) is 40.8 Å². The van der Waals surface area contributed by atoms with Gasteiger partial charge < -0.3 is 9.47 Å². The van der Waals surface area contributed by atoms with Crippen molar-refractivity contribution >= 4 is 17.5 Å². The largest absolute Gasteiger partial charge is 0.486 e. The average molecular weight is 373 g/mol. The molecule has 0 atom stereocenters. The molecule has 4 rings (SSSR count). The van der Waals surface area contributed by atoms with Crippen LogP contribution in [0.15, 0.2) is 41.5 Å². The minimum atomic E-state index is -0.181. The van der Waals surface area contributed by atoms with Crippen LogP contribution in [0, 0.1) is 0 Å². The smallest absolute Gasteiger partial charge is 0.263 e. The molecular weight excluding hydrogens is 352 g/mol. The van der Waals surface area contributed by atoms with Gasteiger partial charge in [0.2, 0.25) is 0 Å². The fourth-order valence-electron chi connectivity index (χ4n) is 3.48. The van der Waals surface area contributed by atoms with Crippen molar-refractivity contribution < 1.29 is 14.3 Å². The van der Waals surface area contributed by atoms with Gasteiger partial charge in [-0.2, -0.15) is 0 Å². The number of carbonyl (C=O) groups is 1.